The van der Waals surface area contributed by atoms with Crippen LogP contribution in [0.15, 0.2) is 0 Å². The van der Waals surface area contributed by atoms with Crippen LogP contribution in [-0.4, -0.2) is 37.2 Å². The lowest BCUT2D eigenvalue weighted by molar-refractivity contribution is -0.131. The standard InChI is InChI=1S/C13H24N2O2/c1-10-5-6-12(17-10)13(16)15-9-7-11-4-2-3-8-14-11/h10-12,14H,2-9H2,1H3,(H,15,16). The largest absolute Gasteiger partial charge is 0.365 e. The van der Waals surface area contributed by atoms with Crippen molar-refractivity contribution >= 4 is 5.91 Å². The van der Waals surface area contributed by atoms with Gasteiger partial charge in [-0.15, -0.1) is 0 Å². The fourth-order valence-electron chi connectivity index (χ4n) is 2.65. The summed E-state index contributed by atoms with van der Waals surface area (Å²) in [5.41, 5.74) is 0. The molecule has 4 nitrogen and oxygen atoms in total. The van der Waals surface area contributed by atoms with Crippen molar-refractivity contribution in [1.82, 2.24) is 10.6 Å². The van der Waals surface area contributed by atoms with Crippen LogP contribution in [0, 0.1) is 0 Å². The molecule has 2 aliphatic rings. The molecule has 3 atom stereocenters. The summed E-state index contributed by atoms with van der Waals surface area (Å²) in [6, 6.07) is 0.590. The monoisotopic (exact) mass is 240 g/mol. The molecule has 2 fully saturated rings. The molecular formula is C13H24N2O2. The summed E-state index contributed by atoms with van der Waals surface area (Å²) in [6.45, 7) is 3.92. The number of rotatable bonds is 4. The molecule has 2 N–H and O–H groups in total. The summed E-state index contributed by atoms with van der Waals surface area (Å²) >= 11 is 0. The summed E-state index contributed by atoms with van der Waals surface area (Å²) in [7, 11) is 0. The Kier molecular flexibility index (Phi) is 4.80. The minimum atomic E-state index is -0.204. The Hall–Kier alpha value is -0.610. The van der Waals surface area contributed by atoms with Crippen LogP contribution >= 0.6 is 0 Å². The van der Waals surface area contributed by atoms with E-state index in [1.165, 1.54) is 19.3 Å². The molecule has 0 spiro atoms. The second kappa shape index (κ2) is 6.36. The molecule has 98 valence electrons. The van der Waals surface area contributed by atoms with Gasteiger partial charge in [-0.2, -0.15) is 0 Å². The Morgan fingerprint density at radius 3 is 2.88 bits per heavy atom. The zero-order chi connectivity index (χ0) is 12.1. The van der Waals surface area contributed by atoms with Crippen molar-refractivity contribution in [3.05, 3.63) is 0 Å². The molecule has 0 radical (unpaired) electrons. The molecule has 0 bridgehead atoms. The van der Waals surface area contributed by atoms with E-state index in [1.807, 2.05) is 6.92 Å². The van der Waals surface area contributed by atoms with Crippen molar-refractivity contribution in [2.75, 3.05) is 13.1 Å². The topological polar surface area (TPSA) is 50.4 Å². The molecule has 2 aliphatic heterocycles. The van der Waals surface area contributed by atoms with Gasteiger partial charge in [0.1, 0.15) is 6.10 Å². The lowest BCUT2D eigenvalue weighted by atomic mass is 10.0. The van der Waals surface area contributed by atoms with Crippen molar-refractivity contribution < 1.29 is 9.53 Å². The summed E-state index contributed by atoms with van der Waals surface area (Å²) in [5.74, 6) is 0.0742. The van der Waals surface area contributed by atoms with E-state index in [0.717, 1.165) is 32.4 Å². The predicted octanol–water partition coefficient (Wildman–Crippen LogP) is 1.20. The molecule has 0 aliphatic carbocycles. The van der Waals surface area contributed by atoms with Gasteiger partial charge in [-0.05, 0) is 45.6 Å². The Bertz CT molecular complexity index is 252. The summed E-state index contributed by atoms with van der Waals surface area (Å²) in [6.07, 6.45) is 6.79. The van der Waals surface area contributed by atoms with Crippen molar-refractivity contribution in [3.63, 3.8) is 0 Å². The van der Waals surface area contributed by atoms with Crippen molar-refractivity contribution in [2.45, 2.75) is 63.7 Å². The first kappa shape index (κ1) is 12.8. The minimum Gasteiger partial charge on any atom is -0.365 e. The third-order valence-corrected chi connectivity index (χ3v) is 3.73. The maximum Gasteiger partial charge on any atom is 0.249 e. The highest BCUT2D eigenvalue weighted by molar-refractivity contribution is 5.80. The van der Waals surface area contributed by atoms with E-state index in [4.69, 9.17) is 4.74 Å². The van der Waals surface area contributed by atoms with Gasteiger partial charge in [-0.1, -0.05) is 6.42 Å². The zero-order valence-electron chi connectivity index (χ0n) is 10.7. The van der Waals surface area contributed by atoms with E-state index < -0.39 is 0 Å². The number of ether oxygens (including phenoxy) is 1. The fourth-order valence-corrected chi connectivity index (χ4v) is 2.65. The third-order valence-electron chi connectivity index (χ3n) is 3.73. The maximum atomic E-state index is 11.8. The second-order valence-corrected chi connectivity index (χ2v) is 5.24. The van der Waals surface area contributed by atoms with E-state index in [1.54, 1.807) is 0 Å². The Balaban J connectivity index is 1.59. The molecule has 0 aromatic carbocycles. The highest BCUT2D eigenvalue weighted by Gasteiger charge is 2.27. The van der Waals surface area contributed by atoms with Crippen LogP contribution in [0.25, 0.3) is 0 Å². The SMILES string of the molecule is CC1CCC(C(=O)NCCC2CCCCN2)O1. The van der Waals surface area contributed by atoms with Gasteiger partial charge < -0.3 is 15.4 Å². The van der Waals surface area contributed by atoms with Crippen LogP contribution in [0.5, 0.6) is 0 Å². The van der Waals surface area contributed by atoms with Gasteiger partial charge in [0.2, 0.25) is 5.91 Å². The first-order valence-corrected chi connectivity index (χ1v) is 6.92. The molecule has 0 saturated carbocycles. The van der Waals surface area contributed by atoms with Crippen LogP contribution in [0.2, 0.25) is 0 Å². The van der Waals surface area contributed by atoms with Gasteiger partial charge in [0.15, 0.2) is 0 Å². The quantitative estimate of drug-likeness (QED) is 0.776. The van der Waals surface area contributed by atoms with Crippen LogP contribution < -0.4 is 10.6 Å². The molecular weight excluding hydrogens is 216 g/mol. The van der Waals surface area contributed by atoms with Gasteiger partial charge in [0, 0.05) is 12.6 Å². The zero-order valence-corrected chi connectivity index (χ0v) is 10.7. The predicted molar refractivity (Wildman–Crippen MR) is 66.8 cm³/mol. The summed E-state index contributed by atoms with van der Waals surface area (Å²) in [5, 5.41) is 6.48. The van der Waals surface area contributed by atoms with Gasteiger partial charge in [0.05, 0.1) is 6.10 Å². The number of hydrogen-bond acceptors (Lipinski definition) is 3. The van der Waals surface area contributed by atoms with Crippen molar-refractivity contribution in [2.24, 2.45) is 0 Å². The van der Waals surface area contributed by atoms with E-state index in [0.29, 0.717) is 6.04 Å². The van der Waals surface area contributed by atoms with Crippen LogP contribution in [0.1, 0.15) is 45.4 Å². The number of carbonyl (C=O) groups excluding carboxylic acids is 1. The minimum absolute atomic E-state index is 0.0742. The number of hydrogen-bond donors (Lipinski definition) is 2. The molecule has 2 saturated heterocycles. The average molecular weight is 240 g/mol. The Morgan fingerprint density at radius 2 is 2.24 bits per heavy atom. The van der Waals surface area contributed by atoms with E-state index >= 15 is 0 Å². The molecule has 17 heavy (non-hydrogen) atoms. The summed E-state index contributed by atoms with van der Waals surface area (Å²) in [4.78, 5) is 11.8. The lowest BCUT2D eigenvalue weighted by Crippen LogP contribution is -2.40. The second-order valence-electron chi connectivity index (χ2n) is 5.24. The smallest absolute Gasteiger partial charge is 0.249 e. The first-order valence-electron chi connectivity index (χ1n) is 6.92. The maximum absolute atomic E-state index is 11.8. The van der Waals surface area contributed by atoms with Crippen LogP contribution in [0.4, 0.5) is 0 Å². The van der Waals surface area contributed by atoms with Crippen LogP contribution in [0.3, 0.4) is 0 Å². The molecule has 2 heterocycles. The normalized spacial score (nSPS) is 33.6. The van der Waals surface area contributed by atoms with Gasteiger partial charge >= 0.3 is 0 Å². The third kappa shape index (κ3) is 3.96. The first-order chi connectivity index (χ1) is 8.25. The number of piperidine rings is 1. The molecule has 3 unspecified atom stereocenters. The Morgan fingerprint density at radius 1 is 1.35 bits per heavy atom. The summed E-state index contributed by atoms with van der Waals surface area (Å²) < 4.78 is 5.54. The van der Waals surface area contributed by atoms with E-state index in [-0.39, 0.29) is 18.1 Å². The molecule has 2 rings (SSSR count). The average Bonchev–Trinajstić information content (AvgIpc) is 2.77. The molecule has 0 aromatic rings. The van der Waals surface area contributed by atoms with Crippen molar-refractivity contribution in [3.8, 4) is 0 Å². The lowest BCUT2D eigenvalue weighted by Gasteiger charge is -2.23. The number of amides is 1. The van der Waals surface area contributed by atoms with Gasteiger partial charge in [-0.3, -0.25) is 4.79 Å². The highest BCUT2D eigenvalue weighted by Crippen LogP contribution is 2.19. The number of carbonyl (C=O) groups is 1. The Labute approximate surface area is 103 Å². The fraction of sp³-hybridized carbons (Fsp3) is 0.923. The van der Waals surface area contributed by atoms with Crippen molar-refractivity contribution in [1.29, 1.82) is 0 Å². The van der Waals surface area contributed by atoms with Gasteiger partial charge in [0.25, 0.3) is 0 Å². The van der Waals surface area contributed by atoms with Gasteiger partial charge in [-0.25, -0.2) is 0 Å². The number of nitrogens with one attached hydrogen (secondary N) is 2. The van der Waals surface area contributed by atoms with E-state index in [9.17, 15) is 4.79 Å². The molecule has 0 aromatic heterocycles. The van der Waals surface area contributed by atoms with Crippen LogP contribution in [-0.2, 0) is 9.53 Å². The highest BCUT2D eigenvalue weighted by atomic mass is 16.5. The molecule has 4 heteroatoms. The molecule has 1 amide bonds. The van der Waals surface area contributed by atoms with E-state index in [2.05, 4.69) is 10.6 Å².